The van der Waals surface area contributed by atoms with E-state index in [2.05, 4.69) is 0 Å². The highest BCUT2D eigenvalue weighted by atomic mass is 35.5. The molecule has 0 aliphatic carbocycles. The lowest BCUT2D eigenvalue weighted by molar-refractivity contribution is -0.142. The van der Waals surface area contributed by atoms with Crippen molar-refractivity contribution in [1.82, 2.24) is 9.80 Å². The highest BCUT2D eigenvalue weighted by Gasteiger charge is 2.32. The minimum atomic E-state index is -0.623. The van der Waals surface area contributed by atoms with Gasteiger partial charge >= 0.3 is 0 Å². The van der Waals surface area contributed by atoms with Crippen LogP contribution in [0.4, 0.5) is 0 Å². The van der Waals surface area contributed by atoms with Gasteiger partial charge in [-0.15, -0.1) is 0 Å². The molecule has 142 valence electrons. The van der Waals surface area contributed by atoms with E-state index in [1.54, 1.807) is 41.0 Å². The van der Waals surface area contributed by atoms with Gasteiger partial charge in [0.15, 0.2) is 6.10 Å². The van der Waals surface area contributed by atoms with Gasteiger partial charge in [0.2, 0.25) is 0 Å². The fourth-order valence-electron chi connectivity index (χ4n) is 3.26. The average Bonchev–Trinajstić information content (AvgIpc) is 2.67. The van der Waals surface area contributed by atoms with Crippen molar-refractivity contribution in [3.8, 4) is 5.75 Å². The first-order valence-corrected chi connectivity index (χ1v) is 9.40. The van der Waals surface area contributed by atoms with Crippen LogP contribution < -0.4 is 4.74 Å². The standard InChI is InChI=1S/C21H23ClN2O3/c1-15-14-23(21(26)17-7-4-3-5-8-17)11-12-24(15)20(25)16(2)27-19-10-6-9-18(22)13-19/h3-10,13,15-16H,11-12,14H2,1-2H3/t15-,16-/m1/s1. The quantitative estimate of drug-likeness (QED) is 0.808. The van der Waals surface area contributed by atoms with E-state index in [0.29, 0.717) is 36.0 Å². The maximum Gasteiger partial charge on any atom is 0.263 e. The Bertz CT molecular complexity index is 812. The molecule has 2 amide bonds. The number of halogens is 1. The molecule has 3 rings (SSSR count). The number of amides is 2. The van der Waals surface area contributed by atoms with Gasteiger partial charge in [0, 0.05) is 36.3 Å². The molecule has 0 unspecified atom stereocenters. The molecule has 0 bridgehead atoms. The lowest BCUT2D eigenvalue weighted by atomic mass is 10.1. The van der Waals surface area contributed by atoms with Crippen molar-refractivity contribution in [3.05, 3.63) is 65.2 Å². The van der Waals surface area contributed by atoms with Crippen LogP contribution in [0.1, 0.15) is 24.2 Å². The van der Waals surface area contributed by atoms with Gasteiger partial charge in [-0.05, 0) is 44.2 Å². The Morgan fingerprint density at radius 1 is 1.11 bits per heavy atom. The molecule has 1 heterocycles. The number of benzene rings is 2. The minimum absolute atomic E-state index is 0.00206. The molecule has 0 spiro atoms. The summed E-state index contributed by atoms with van der Waals surface area (Å²) in [7, 11) is 0. The van der Waals surface area contributed by atoms with Gasteiger partial charge in [0.25, 0.3) is 11.8 Å². The summed E-state index contributed by atoms with van der Waals surface area (Å²) in [6.45, 7) is 5.19. The Balaban J connectivity index is 1.60. The van der Waals surface area contributed by atoms with E-state index in [0.717, 1.165) is 0 Å². The second-order valence-electron chi connectivity index (χ2n) is 6.72. The van der Waals surface area contributed by atoms with Gasteiger partial charge in [-0.3, -0.25) is 9.59 Å². The van der Waals surface area contributed by atoms with E-state index in [1.807, 2.05) is 37.3 Å². The Morgan fingerprint density at radius 3 is 2.52 bits per heavy atom. The molecule has 1 aliphatic heterocycles. The van der Waals surface area contributed by atoms with Crippen LogP contribution in [-0.4, -0.2) is 53.4 Å². The van der Waals surface area contributed by atoms with Crippen LogP contribution >= 0.6 is 11.6 Å². The third-order valence-electron chi connectivity index (χ3n) is 4.68. The minimum Gasteiger partial charge on any atom is -0.481 e. The lowest BCUT2D eigenvalue weighted by Crippen LogP contribution is -2.57. The summed E-state index contributed by atoms with van der Waals surface area (Å²) in [6, 6.07) is 16.1. The number of carbonyl (C=O) groups excluding carboxylic acids is 2. The number of hydrogen-bond acceptors (Lipinski definition) is 3. The number of piperazine rings is 1. The first kappa shape index (κ1) is 19.2. The number of rotatable bonds is 4. The smallest absolute Gasteiger partial charge is 0.263 e. The van der Waals surface area contributed by atoms with Crippen LogP contribution in [0.2, 0.25) is 5.02 Å². The second kappa shape index (κ2) is 8.44. The highest BCUT2D eigenvalue weighted by Crippen LogP contribution is 2.20. The summed E-state index contributed by atoms with van der Waals surface area (Å²) in [5, 5.41) is 0.563. The van der Waals surface area contributed by atoms with Crippen molar-refractivity contribution in [2.75, 3.05) is 19.6 Å². The van der Waals surface area contributed by atoms with Gasteiger partial charge in [-0.1, -0.05) is 35.9 Å². The van der Waals surface area contributed by atoms with Crippen molar-refractivity contribution in [2.24, 2.45) is 0 Å². The van der Waals surface area contributed by atoms with Crippen LogP contribution in [0, 0.1) is 0 Å². The molecule has 1 saturated heterocycles. The number of nitrogens with zero attached hydrogens (tertiary/aromatic N) is 2. The van der Waals surface area contributed by atoms with Crippen LogP contribution in [0.3, 0.4) is 0 Å². The van der Waals surface area contributed by atoms with Gasteiger partial charge in [0.1, 0.15) is 5.75 Å². The fraction of sp³-hybridized carbons (Fsp3) is 0.333. The highest BCUT2D eigenvalue weighted by molar-refractivity contribution is 6.30. The Hall–Kier alpha value is -2.53. The first-order valence-electron chi connectivity index (χ1n) is 9.02. The molecule has 0 radical (unpaired) electrons. The molecule has 2 aromatic carbocycles. The molecule has 0 saturated carbocycles. The fourth-order valence-corrected chi connectivity index (χ4v) is 3.44. The van der Waals surface area contributed by atoms with E-state index in [1.165, 1.54) is 0 Å². The van der Waals surface area contributed by atoms with E-state index in [-0.39, 0.29) is 17.9 Å². The predicted molar refractivity (Wildman–Crippen MR) is 105 cm³/mol. The van der Waals surface area contributed by atoms with Crippen molar-refractivity contribution >= 4 is 23.4 Å². The topological polar surface area (TPSA) is 49.9 Å². The van der Waals surface area contributed by atoms with E-state index in [9.17, 15) is 9.59 Å². The molecule has 1 fully saturated rings. The van der Waals surface area contributed by atoms with Crippen LogP contribution in [0.25, 0.3) is 0 Å². The van der Waals surface area contributed by atoms with Crippen molar-refractivity contribution in [1.29, 1.82) is 0 Å². The Labute approximate surface area is 164 Å². The first-order chi connectivity index (χ1) is 13.0. The Kier molecular flexibility index (Phi) is 6.01. The summed E-state index contributed by atoms with van der Waals surface area (Å²) in [4.78, 5) is 29.0. The summed E-state index contributed by atoms with van der Waals surface area (Å²) in [5.41, 5.74) is 0.669. The van der Waals surface area contributed by atoms with Crippen molar-refractivity contribution in [2.45, 2.75) is 26.0 Å². The van der Waals surface area contributed by atoms with Crippen LogP contribution in [0.15, 0.2) is 54.6 Å². The molecular formula is C21H23ClN2O3. The van der Waals surface area contributed by atoms with Gasteiger partial charge in [0.05, 0.1) is 0 Å². The largest absolute Gasteiger partial charge is 0.481 e. The van der Waals surface area contributed by atoms with Crippen LogP contribution in [0.5, 0.6) is 5.75 Å². The second-order valence-corrected chi connectivity index (χ2v) is 7.15. The summed E-state index contributed by atoms with van der Waals surface area (Å²) in [6.07, 6.45) is -0.623. The maximum absolute atomic E-state index is 12.8. The molecule has 0 aromatic heterocycles. The molecule has 1 aliphatic rings. The predicted octanol–water partition coefficient (Wildman–Crippen LogP) is 3.48. The zero-order chi connectivity index (χ0) is 19.4. The van der Waals surface area contributed by atoms with Gasteiger partial charge < -0.3 is 14.5 Å². The SMILES string of the molecule is C[C@@H]1CN(C(=O)c2ccccc2)CCN1C(=O)[C@@H](C)Oc1cccc(Cl)c1. The van der Waals surface area contributed by atoms with E-state index in [4.69, 9.17) is 16.3 Å². The monoisotopic (exact) mass is 386 g/mol. The average molecular weight is 387 g/mol. The number of hydrogen-bond donors (Lipinski definition) is 0. The number of ether oxygens (including phenoxy) is 1. The molecule has 2 aromatic rings. The number of carbonyl (C=O) groups is 2. The molecule has 6 heteroatoms. The molecule has 2 atom stereocenters. The van der Waals surface area contributed by atoms with E-state index >= 15 is 0 Å². The third kappa shape index (κ3) is 4.61. The van der Waals surface area contributed by atoms with Crippen LogP contribution in [-0.2, 0) is 4.79 Å². The molecule has 0 N–H and O–H groups in total. The normalized spacial score (nSPS) is 18.1. The van der Waals surface area contributed by atoms with Crippen molar-refractivity contribution < 1.29 is 14.3 Å². The Morgan fingerprint density at radius 2 is 1.85 bits per heavy atom. The summed E-state index contributed by atoms with van der Waals surface area (Å²) >= 11 is 5.96. The molecular weight excluding hydrogens is 364 g/mol. The lowest BCUT2D eigenvalue weighted by Gasteiger charge is -2.40. The zero-order valence-electron chi connectivity index (χ0n) is 15.5. The summed E-state index contributed by atoms with van der Waals surface area (Å²) < 4.78 is 5.75. The van der Waals surface area contributed by atoms with E-state index < -0.39 is 6.10 Å². The third-order valence-corrected chi connectivity index (χ3v) is 4.91. The van der Waals surface area contributed by atoms with Crippen molar-refractivity contribution in [3.63, 3.8) is 0 Å². The van der Waals surface area contributed by atoms with Gasteiger partial charge in [-0.25, -0.2) is 0 Å². The van der Waals surface area contributed by atoms with Gasteiger partial charge in [-0.2, -0.15) is 0 Å². The summed E-state index contributed by atoms with van der Waals surface area (Å²) in [5.74, 6) is 0.473. The maximum atomic E-state index is 12.8. The molecule has 27 heavy (non-hydrogen) atoms. The molecule has 5 nitrogen and oxygen atoms in total. The zero-order valence-corrected chi connectivity index (χ0v) is 16.2.